The van der Waals surface area contributed by atoms with Gasteiger partial charge in [-0.05, 0) is 42.8 Å². The molecule has 3 aromatic rings. The molecule has 3 aliphatic rings. The fourth-order valence-electron chi connectivity index (χ4n) is 5.18. The first-order valence-electron chi connectivity index (χ1n) is 11.7. The van der Waals surface area contributed by atoms with E-state index in [-0.39, 0.29) is 24.3 Å². The van der Waals surface area contributed by atoms with Gasteiger partial charge in [0.1, 0.15) is 24.4 Å². The van der Waals surface area contributed by atoms with Crippen molar-refractivity contribution in [3.63, 3.8) is 0 Å². The summed E-state index contributed by atoms with van der Waals surface area (Å²) < 4.78 is 33.3. The number of pyridine rings is 1. The van der Waals surface area contributed by atoms with Crippen LogP contribution in [0.1, 0.15) is 18.3 Å². The minimum absolute atomic E-state index is 0.119. The summed E-state index contributed by atoms with van der Waals surface area (Å²) in [7, 11) is 0. The lowest BCUT2D eigenvalue weighted by molar-refractivity contribution is 0.0547. The highest BCUT2D eigenvalue weighted by Gasteiger charge is 2.53. The molecule has 0 N–H and O–H groups in total. The third-order valence-corrected chi connectivity index (χ3v) is 7.13. The third kappa shape index (κ3) is 3.91. The summed E-state index contributed by atoms with van der Waals surface area (Å²) in [6.07, 6.45) is -0.215. The number of nitrogens with zero attached hydrogens (tertiary/aromatic N) is 7. The van der Waals surface area contributed by atoms with Crippen LogP contribution in [-0.2, 0) is 17.8 Å². The van der Waals surface area contributed by atoms with E-state index >= 15 is 0 Å². The van der Waals surface area contributed by atoms with E-state index in [2.05, 4.69) is 25.0 Å². The molecule has 1 amide bonds. The maximum Gasteiger partial charge on any atom is 0.410 e. The smallest absolute Gasteiger partial charge is 0.410 e. The molecule has 6 rings (SSSR count). The van der Waals surface area contributed by atoms with Gasteiger partial charge in [0.15, 0.2) is 5.82 Å². The van der Waals surface area contributed by atoms with E-state index in [0.29, 0.717) is 16.8 Å². The molecule has 0 saturated carbocycles. The molecular weight excluding hydrogens is 492 g/mol. The van der Waals surface area contributed by atoms with Gasteiger partial charge in [-0.3, -0.25) is 9.47 Å². The molecule has 0 aliphatic carbocycles. The lowest BCUT2D eigenvalue weighted by Crippen LogP contribution is -2.73. The molecule has 3 aliphatic heterocycles. The summed E-state index contributed by atoms with van der Waals surface area (Å²) >= 11 is 6.28. The van der Waals surface area contributed by atoms with Crippen LogP contribution < -0.4 is 9.80 Å². The van der Waals surface area contributed by atoms with E-state index in [1.165, 1.54) is 24.1 Å². The fraction of sp³-hybridized carbons (Fsp3) is 0.417. The molecule has 1 unspecified atom stereocenters. The van der Waals surface area contributed by atoms with Gasteiger partial charge in [-0.2, -0.15) is 0 Å². The second-order valence-electron chi connectivity index (χ2n) is 9.78. The lowest BCUT2D eigenvalue weighted by Gasteiger charge is -2.60. The molecule has 2 saturated heterocycles. The number of hydrogen-bond acceptors (Lipinski definition) is 7. The van der Waals surface area contributed by atoms with Crippen LogP contribution in [0.5, 0.6) is 0 Å². The molecule has 1 atom stereocenters. The molecule has 5 heterocycles. The van der Waals surface area contributed by atoms with Crippen LogP contribution in [0.15, 0.2) is 36.5 Å². The monoisotopic (exact) mass is 515 g/mol. The van der Waals surface area contributed by atoms with Crippen molar-refractivity contribution in [2.24, 2.45) is 5.41 Å². The van der Waals surface area contributed by atoms with Crippen molar-refractivity contribution in [2.75, 3.05) is 42.7 Å². The number of alkyl halides is 1. The number of carbonyl (C=O) groups is 1. The Kier molecular flexibility index (Phi) is 5.47. The van der Waals surface area contributed by atoms with E-state index in [0.717, 1.165) is 43.2 Å². The van der Waals surface area contributed by atoms with Gasteiger partial charge in [-0.25, -0.2) is 18.6 Å². The van der Waals surface area contributed by atoms with Crippen LogP contribution in [0.3, 0.4) is 0 Å². The minimum atomic E-state index is -0.836. The Morgan fingerprint density at radius 2 is 1.92 bits per heavy atom. The van der Waals surface area contributed by atoms with E-state index in [1.54, 1.807) is 12.1 Å². The standard InChI is InChI=1S/C24H24ClF2N7O2/c1-15(7-26)36-23(35)31-9-16-6-17(25)2-4-19(16)34-21(10-31)29-30-22(34)33-13-24(14-33)11-32(12-24)20-5-3-18(27)8-28-20/h2-6,8,15H,7,9-14H2,1H3. The first kappa shape index (κ1) is 23.0. The highest BCUT2D eigenvalue weighted by atomic mass is 35.5. The summed E-state index contributed by atoms with van der Waals surface area (Å²) in [5.41, 5.74) is 1.78. The zero-order valence-electron chi connectivity index (χ0n) is 19.6. The number of aromatic nitrogens is 4. The second-order valence-corrected chi connectivity index (χ2v) is 10.2. The van der Waals surface area contributed by atoms with Gasteiger partial charge in [-0.15, -0.1) is 10.2 Å². The molecule has 1 aromatic carbocycles. The molecule has 0 bridgehead atoms. The Labute approximate surface area is 211 Å². The summed E-state index contributed by atoms with van der Waals surface area (Å²) in [5, 5.41) is 9.40. The predicted octanol–water partition coefficient (Wildman–Crippen LogP) is 3.59. The summed E-state index contributed by atoms with van der Waals surface area (Å²) in [4.78, 5) is 22.7. The zero-order chi connectivity index (χ0) is 25.0. The van der Waals surface area contributed by atoms with Crippen molar-refractivity contribution < 1.29 is 18.3 Å². The first-order valence-corrected chi connectivity index (χ1v) is 12.1. The number of anilines is 2. The van der Waals surface area contributed by atoms with Gasteiger partial charge < -0.3 is 14.5 Å². The molecule has 9 nitrogen and oxygen atoms in total. The normalized spacial score (nSPS) is 18.6. The summed E-state index contributed by atoms with van der Waals surface area (Å²) in [6, 6.07) is 8.63. The number of halogens is 3. The lowest BCUT2D eigenvalue weighted by atomic mass is 9.73. The number of fused-ring (bicyclic) bond motifs is 3. The number of hydrogen-bond donors (Lipinski definition) is 0. The molecule has 2 aromatic heterocycles. The van der Waals surface area contributed by atoms with Gasteiger partial charge in [0.05, 0.1) is 25.0 Å². The number of amides is 1. The predicted molar refractivity (Wildman–Crippen MR) is 129 cm³/mol. The molecule has 2 fully saturated rings. The Balaban J connectivity index is 1.23. The van der Waals surface area contributed by atoms with E-state index in [1.807, 2.05) is 16.7 Å². The first-order chi connectivity index (χ1) is 17.3. The summed E-state index contributed by atoms with van der Waals surface area (Å²) in [5.74, 6) is 1.71. The van der Waals surface area contributed by atoms with Crippen LogP contribution in [0, 0.1) is 11.2 Å². The fourth-order valence-corrected chi connectivity index (χ4v) is 5.38. The van der Waals surface area contributed by atoms with Crippen molar-refractivity contribution in [2.45, 2.75) is 26.1 Å². The maximum absolute atomic E-state index is 13.2. The summed E-state index contributed by atoms with van der Waals surface area (Å²) in [6.45, 7) is 4.43. The Bertz CT molecular complexity index is 1300. The van der Waals surface area contributed by atoms with Crippen molar-refractivity contribution in [3.8, 4) is 5.69 Å². The van der Waals surface area contributed by atoms with E-state index < -0.39 is 18.9 Å². The molecule has 36 heavy (non-hydrogen) atoms. The van der Waals surface area contributed by atoms with Crippen LogP contribution in [-0.4, -0.2) is 69.7 Å². The molecule has 0 radical (unpaired) electrons. The van der Waals surface area contributed by atoms with Crippen molar-refractivity contribution in [3.05, 3.63) is 58.8 Å². The van der Waals surface area contributed by atoms with Crippen LogP contribution in [0.25, 0.3) is 5.69 Å². The Morgan fingerprint density at radius 3 is 2.64 bits per heavy atom. The SMILES string of the molecule is CC(CF)OC(=O)N1Cc2cc(Cl)ccc2-n2c(nnc2N2CC3(CN(c4ccc(F)cn4)C3)C2)C1. The highest BCUT2D eigenvalue weighted by Crippen LogP contribution is 2.44. The van der Waals surface area contributed by atoms with Gasteiger partial charge in [0.2, 0.25) is 5.95 Å². The van der Waals surface area contributed by atoms with Gasteiger partial charge in [-0.1, -0.05) is 11.6 Å². The Hall–Kier alpha value is -3.47. The highest BCUT2D eigenvalue weighted by molar-refractivity contribution is 6.30. The molecule has 1 spiro atoms. The quantitative estimate of drug-likeness (QED) is 0.525. The topological polar surface area (TPSA) is 79.6 Å². The number of ether oxygens (including phenoxy) is 1. The minimum Gasteiger partial charge on any atom is -0.444 e. The zero-order valence-corrected chi connectivity index (χ0v) is 20.3. The van der Waals surface area contributed by atoms with E-state index in [4.69, 9.17) is 16.3 Å². The second kappa shape index (κ2) is 8.58. The van der Waals surface area contributed by atoms with Crippen molar-refractivity contribution in [1.82, 2.24) is 24.6 Å². The molecule has 12 heteroatoms. The third-order valence-electron chi connectivity index (χ3n) is 6.89. The van der Waals surface area contributed by atoms with Gasteiger partial charge >= 0.3 is 6.09 Å². The van der Waals surface area contributed by atoms with Crippen LogP contribution in [0.4, 0.5) is 25.3 Å². The van der Waals surface area contributed by atoms with Crippen molar-refractivity contribution >= 4 is 29.5 Å². The molecular formula is C24H24ClF2N7O2. The maximum atomic E-state index is 13.2. The average molecular weight is 516 g/mol. The van der Waals surface area contributed by atoms with E-state index in [9.17, 15) is 13.6 Å². The average Bonchev–Trinajstić information content (AvgIpc) is 3.13. The van der Waals surface area contributed by atoms with Crippen LogP contribution in [0.2, 0.25) is 5.02 Å². The Morgan fingerprint density at radius 1 is 1.14 bits per heavy atom. The largest absolute Gasteiger partial charge is 0.444 e. The number of rotatable bonds is 4. The van der Waals surface area contributed by atoms with Crippen LogP contribution >= 0.6 is 11.6 Å². The van der Waals surface area contributed by atoms with Gasteiger partial charge in [0.25, 0.3) is 0 Å². The number of carbonyl (C=O) groups excluding carboxylic acids is 1. The molecule has 188 valence electrons. The van der Waals surface area contributed by atoms with Gasteiger partial charge in [0, 0.05) is 36.6 Å². The number of benzene rings is 1. The van der Waals surface area contributed by atoms with Crippen molar-refractivity contribution in [1.29, 1.82) is 0 Å².